The van der Waals surface area contributed by atoms with E-state index in [1.54, 1.807) is 0 Å². The van der Waals surface area contributed by atoms with Gasteiger partial charge in [-0.1, -0.05) is 0 Å². The van der Waals surface area contributed by atoms with Crippen LogP contribution in [-0.2, 0) is 9.84 Å². The summed E-state index contributed by atoms with van der Waals surface area (Å²) in [5, 5.41) is 11.5. The summed E-state index contributed by atoms with van der Waals surface area (Å²) >= 11 is 0. The predicted octanol–water partition coefficient (Wildman–Crippen LogP) is 0.0868. The van der Waals surface area contributed by atoms with Crippen LogP contribution in [-0.4, -0.2) is 47.9 Å². The van der Waals surface area contributed by atoms with E-state index < -0.39 is 21.7 Å². The number of carbonyl (C=O) groups is 2. The number of carbonyl (C=O) groups excluding carboxylic acids is 1. The zero-order valence-corrected chi connectivity index (χ0v) is 11.4. The number of hydrogen-bond acceptors (Lipinski definition) is 5. The van der Waals surface area contributed by atoms with Crippen LogP contribution >= 0.6 is 0 Å². The largest absolute Gasteiger partial charge is 0.477 e. The van der Waals surface area contributed by atoms with Crippen molar-refractivity contribution < 1.29 is 23.1 Å². The first-order valence-corrected chi connectivity index (χ1v) is 7.90. The molecule has 0 aromatic carbocycles. The van der Waals surface area contributed by atoms with Crippen molar-refractivity contribution >= 4 is 21.7 Å². The number of sulfone groups is 1. The zero-order chi connectivity index (χ0) is 14.8. The van der Waals surface area contributed by atoms with Crippen LogP contribution in [0.4, 0.5) is 0 Å². The fraction of sp³-hybridized carbons (Fsp3) is 0.417. The zero-order valence-electron chi connectivity index (χ0n) is 10.6. The first-order chi connectivity index (χ1) is 9.37. The monoisotopic (exact) mass is 298 g/mol. The molecule has 1 aliphatic heterocycles. The summed E-state index contributed by atoms with van der Waals surface area (Å²) in [5.74, 6) is -1.49. The van der Waals surface area contributed by atoms with E-state index in [1.807, 2.05) is 0 Å². The van der Waals surface area contributed by atoms with Gasteiger partial charge < -0.3 is 10.4 Å². The highest BCUT2D eigenvalue weighted by Gasteiger charge is 2.25. The van der Waals surface area contributed by atoms with Gasteiger partial charge in [0.05, 0.1) is 11.5 Å². The molecule has 2 heterocycles. The number of nitrogens with zero attached hydrogens (tertiary/aromatic N) is 1. The molecule has 0 radical (unpaired) electrons. The summed E-state index contributed by atoms with van der Waals surface area (Å²) in [6, 6.07) is 2.41. The lowest BCUT2D eigenvalue weighted by Gasteiger charge is -2.23. The van der Waals surface area contributed by atoms with Gasteiger partial charge in [-0.3, -0.25) is 4.79 Å². The molecule has 1 saturated heterocycles. The van der Waals surface area contributed by atoms with Gasteiger partial charge in [-0.2, -0.15) is 0 Å². The Kier molecular flexibility index (Phi) is 4.03. The molecule has 0 bridgehead atoms. The first-order valence-electron chi connectivity index (χ1n) is 6.08. The first kappa shape index (κ1) is 14.4. The minimum atomic E-state index is -2.97. The number of aromatic carboxylic acids is 1. The van der Waals surface area contributed by atoms with E-state index in [-0.39, 0.29) is 28.8 Å². The molecule has 1 aliphatic rings. The third-order valence-corrected chi connectivity index (χ3v) is 4.85. The van der Waals surface area contributed by atoms with Crippen LogP contribution in [0.2, 0.25) is 0 Å². The van der Waals surface area contributed by atoms with Crippen LogP contribution in [0.15, 0.2) is 18.3 Å². The third-order valence-electron chi connectivity index (χ3n) is 3.13. The van der Waals surface area contributed by atoms with Crippen molar-refractivity contribution in [1.82, 2.24) is 10.3 Å². The highest BCUT2D eigenvalue weighted by molar-refractivity contribution is 7.91. The molecule has 0 saturated carbocycles. The molecular weight excluding hydrogens is 284 g/mol. The average Bonchev–Trinajstić information content (AvgIpc) is 2.41. The lowest BCUT2D eigenvalue weighted by atomic mass is 10.1. The molecule has 0 spiro atoms. The van der Waals surface area contributed by atoms with Crippen LogP contribution in [0.1, 0.15) is 33.7 Å². The standard InChI is InChI=1S/C12H14N2O5S/c15-11(8-1-4-13-10(7-8)12(16)17)14-9-2-5-20(18,19)6-3-9/h1,4,7,9H,2-3,5-6H2,(H,14,15)(H,16,17). The molecule has 0 atom stereocenters. The fourth-order valence-electron chi connectivity index (χ4n) is 1.99. The Morgan fingerprint density at radius 2 is 1.95 bits per heavy atom. The molecule has 108 valence electrons. The number of hydrogen-bond donors (Lipinski definition) is 2. The van der Waals surface area contributed by atoms with Crippen molar-refractivity contribution in [2.45, 2.75) is 18.9 Å². The van der Waals surface area contributed by atoms with Gasteiger partial charge in [0.25, 0.3) is 5.91 Å². The Morgan fingerprint density at radius 3 is 2.55 bits per heavy atom. The van der Waals surface area contributed by atoms with Crippen LogP contribution in [0.3, 0.4) is 0 Å². The van der Waals surface area contributed by atoms with Gasteiger partial charge in [0, 0.05) is 17.8 Å². The number of amides is 1. The van der Waals surface area contributed by atoms with Crippen molar-refractivity contribution in [2.75, 3.05) is 11.5 Å². The van der Waals surface area contributed by atoms with E-state index in [2.05, 4.69) is 10.3 Å². The van der Waals surface area contributed by atoms with Gasteiger partial charge in [0.2, 0.25) is 0 Å². The number of aromatic nitrogens is 1. The average molecular weight is 298 g/mol. The van der Waals surface area contributed by atoms with Crippen molar-refractivity contribution in [2.24, 2.45) is 0 Å². The minimum absolute atomic E-state index is 0.0642. The molecule has 1 amide bonds. The van der Waals surface area contributed by atoms with Crippen LogP contribution in [0.25, 0.3) is 0 Å². The van der Waals surface area contributed by atoms with E-state index in [1.165, 1.54) is 18.3 Å². The number of nitrogens with one attached hydrogen (secondary N) is 1. The summed E-state index contributed by atoms with van der Waals surface area (Å²) in [7, 11) is -2.97. The molecule has 1 aromatic rings. The highest BCUT2D eigenvalue weighted by atomic mass is 32.2. The van der Waals surface area contributed by atoms with E-state index in [0.29, 0.717) is 12.8 Å². The van der Waals surface area contributed by atoms with Crippen molar-refractivity contribution in [3.8, 4) is 0 Å². The van der Waals surface area contributed by atoms with E-state index in [9.17, 15) is 18.0 Å². The lowest BCUT2D eigenvalue weighted by Crippen LogP contribution is -2.40. The molecule has 1 aromatic heterocycles. The topological polar surface area (TPSA) is 113 Å². The number of carboxylic acid groups (broad SMARTS) is 1. The van der Waals surface area contributed by atoms with Gasteiger partial charge in [-0.05, 0) is 25.0 Å². The fourth-order valence-corrected chi connectivity index (χ4v) is 3.48. The van der Waals surface area contributed by atoms with E-state index in [0.717, 1.165) is 0 Å². The summed E-state index contributed by atoms with van der Waals surface area (Å²) in [5.41, 5.74) is -0.00491. The van der Waals surface area contributed by atoms with Gasteiger partial charge in [-0.25, -0.2) is 18.2 Å². The maximum Gasteiger partial charge on any atom is 0.354 e. The third kappa shape index (κ3) is 3.53. The summed E-state index contributed by atoms with van der Waals surface area (Å²) in [4.78, 5) is 26.4. The highest BCUT2D eigenvalue weighted by Crippen LogP contribution is 2.13. The lowest BCUT2D eigenvalue weighted by molar-refractivity contribution is 0.0690. The number of carboxylic acids is 1. The molecule has 7 nitrogen and oxygen atoms in total. The van der Waals surface area contributed by atoms with Crippen molar-refractivity contribution in [3.63, 3.8) is 0 Å². The molecule has 2 rings (SSSR count). The maximum atomic E-state index is 12.0. The number of rotatable bonds is 3. The second-order valence-corrected chi connectivity index (χ2v) is 6.94. The van der Waals surface area contributed by atoms with Crippen LogP contribution in [0.5, 0.6) is 0 Å². The SMILES string of the molecule is O=C(NC1CCS(=O)(=O)CC1)c1ccnc(C(=O)O)c1. The summed E-state index contributed by atoms with van der Waals surface area (Å²) in [6.45, 7) is 0. The summed E-state index contributed by atoms with van der Waals surface area (Å²) < 4.78 is 22.6. The van der Waals surface area contributed by atoms with Crippen LogP contribution < -0.4 is 5.32 Å². The van der Waals surface area contributed by atoms with Gasteiger partial charge in [0.15, 0.2) is 0 Å². The Labute approximate surface area is 115 Å². The Balaban J connectivity index is 2.02. The Hall–Kier alpha value is -1.96. The normalized spacial score (nSPS) is 18.4. The minimum Gasteiger partial charge on any atom is -0.477 e. The second kappa shape index (κ2) is 5.58. The molecule has 0 aliphatic carbocycles. The molecular formula is C12H14N2O5S. The van der Waals surface area contributed by atoms with Gasteiger partial charge in [-0.15, -0.1) is 0 Å². The smallest absolute Gasteiger partial charge is 0.354 e. The summed E-state index contributed by atoms with van der Waals surface area (Å²) in [6.07, 6.45) is 2.01. The molecule has 0 unspecified atom stereocenters. The van der Waals surface area contributed by atoms with E-state index in [4.69, 9.17) is 5.11 Å². The Bertz CT molecular complexity index is 627. The van der Waals surface area contributed by atoms with Gasteiger partial charge >= 0.3 is 5.97 Å². The quantitative estimate of drug-likeness (QED) is 0.817. The van der Waals surface area contributed by atoms with Gasteiger partial charge in [0.1, 0.15) is 15.5 Å². The Morgan fingerprint density at radius 1 is 1.30 bits per heavy atom. The second-order valence-electron chi connectivity index (χ2n) is 4.63. The maximum absolute atomic E-state index is 12.0. The van der Waals surface area contributed by atoms with Crippen LogP contribution in [0, 0.1) is 0 Å². The predicted molar refractivity (Wildman–Crippen MR) is 70.3 cm³/mol. The van der Waals surface area contributed by atoms with Crippen molar-refractivity contribution in [3.05, 3.63) is 29.6 Å². The molecule has 1 fully saturated rings. The molecule has 2 N–H and O–H groups in total. The number of pyridine rings is 1. The van der Waals surface area contributed by atoms with Crippen molar-refractivity contribution in [1.29, 1.82) is 0 Å². The molecule has 20 heavy (non-hydrogen) atoms. The van der Waals surface area contributed by atoms with E-state index >= 15 is 0 Å². The molecule has 8 heteroatoms.